The molecular formula is C25H42N2O6. The largest absolute Gasteiger partial charge is 0.368 e. The Morgan fingerprint density at radius 1 is 0.545 bits per heavy atom. The molecule has 0 aromatic heterocycles. The van der Waals surface area contributed by atoms with Gasteiger partial charge in [-0.05, 0) is 40.5 Å². The first-order valence-electron chi connectivity index (χ1n) is 12.6. The molecule has 4 aliphatic heterocycles. The number of carbonyl (C=O) groups excluding carboxylic acids is 2. The fourth-order valence-electron chi connectivity index (χ4n) is 4.34. The van der Waals surface area contributed by atoms with Crippen LogP contribution in [0, 0.1) is 0 Å². The van der Waals surface area contributed by atoms with E-state index in [4.69, 9.17) is 18.9 Å². The van der Waals surface area contributed by atoms with Crippen LogP contribution in [0.1, 0.15) is 72.6 Å². The molecule has 4 fully saturated rings. The van der Waals surface area contributed by atoms with Gasteiger partial charge in [-0.2, -0.15) is 0 Å². The first-order valence-corrected chi connectivity index (χ1v) is 12.6. The number of epoxide rings is 4. The Balaban J connectivity index is 1.09. The third kappa shape index (κ3) is 7.91. The first kappa shape index (κ1) is 24.9. The van der Waals surface area contributed by atoms with Gasteiger partial charge in [0.05, 0.1) is 52.6 Å². The number of hydrogen-bond donors (Lipinski definition) is 0. The summed E-state index contributed by atoms with van der Waals surface area (Å²) in [7, 11) is 0. The zero-order chi connectivity index (χ0) is 23.7. The van der Waals surface area contributed by atoms with Crippen molar-refractivity contribution < 1.29 is 28.5 Å². The highest BCUT2D eigenvalue weighted by atomic mass is 16.6. The predicted octanol–water partition coefficient (Wildman–Crippen LogP) is 2.53. The summed E-state index contributed by atoms with van der Waals surface area (Å²) in [6.07, 6.45) is 5.97. The van der Waals surface area contributed by atoms with Crippen LogP contribution >= 0.6 is 0 Å². The summed E-state index contributed by atoms with van der Waals surface area (Å²) in [5.74, 6) is 0.390. The minimum absolute atomic E-state index is 0.173. The summed E-state index contributed by atoms with van der Waals surface area (Å²) in [5, 5.41) is 0. The lowest BCUT2D eigenvalue weighted by atomic mass is 10.1. The maximum absolute atomic E-state index is 12.8. The number of ether oxygens (including phenoxy) is 4. The Kier molecular flexibility index (Phi) is 7.12. The molecule has 0 spiro atoms. The fourth-order valence-corrected chi connectivity index (χ4v) is 4.34. The third-order valence-corrected chi connectivity index (χ3v) is 7.14. The van der Waals surface area contributed by atoms with Crippen molar-refractivity contribution in [2.45, 2.75) is 95.0 Å². The molecule has 0 bridgehead atoms. The zero-order valence-corrected chi connectivity index (χ0v) is 21.0. The number of hydrogen-bond acceptors (Lipinski definition) is 6. The Morgan fingerprint density at radius 2 is 0.788 bits per heavy atom. The molecule has 4 rings (SSSR count). The van der Waals surface area contributed by atoms with E-state index in [1.807, 2.05) is 9.80 Å². The summed E-state index contributed by atoms with van der Waals surface area (Å²) in [6, 6.07) is 0. The maximum atomic E-state index is 12.8. The Bertz CT molecular complexity index is 624. The van der Waals surface area contributed by atoms with Gasteiger partial charge < -0.3 is 28.7 Å². The smallest absolute Gasteiger partial charge is 0.222 e. The highest BCUT2D eigenvalue weighted by molar-refractivity contribution is 5.77. The fraction of sp³-hybridized carbons (Fsp3) is 0.920. The van der Waals surface area contributed by atoms with E-state index in [0.717, 1.165) is 58.5 Å². The van der Waals surface area contributed by atoms with Crippen LogP contribution in [0.15, 0.2) is 0 Å². The van der Waals surface area contributed by atoms with Gasteiger partial charge in [-0.25, -0.2) is 0 Å². The van der Waals surface area contributed by atoms with E-state index in [0.29, 0.717) is 39.0 Å². The highest BCUT2D eigenvalue weighted by Crippen LogP contribution is 2.33. The number of rotatable bonds is 16. The second kappa shape index (κ2) is 9.44. The molecule has 0 aliphatic carbocycles. The average Bonchev–Trinajstić information content (AvgIpc) is 3.58. The average molecular weight is 467 g/mol. The minimum Gasteiger partial charge on any atom is -0.368 e. The van der Waals surface area contributed by atoms with Crippen molar-refractivity contribution in [2.24, 2.45) is 0 Å². The molecular weight excluding hydrogens is 424 g/mol. The molecule has 8 heteroatoms. The molecule has 4 unspecified atom stereocenters. The number of amides is 2. The molecule has 4 aliphatic rings. The van der Waals surface area contributed by atoms with Gasteiger partial charge in [0.15, 0.2) is 0 Å². The number of carbonyl (C=O) groups is 2. The quantitative estimate of drug-likeness (QED) is 0.256. The number of unbranched alkanes of at least 4 members (excludes halogenated alkanes) is 4. The topological polar surface area (TPSA) is 90.7 Å². The Morgan fingerprint density at radius 3 is 1.03 bits per heavy atom. The van der Waals surface area contributed by atoms with Crippen LogP contribution in [0.5, 0.6) is 0 Å². The lowest BCUT2D eigenvalue weighted by Gasteiger charge is -2.26. The molecule has 0 aromatic rings. The van der Waals surface area contributed by atoms with Crippen LogP contribution in [-0.4, -0.2) is 96.6 Å². The van der Waals surface area contributed by atoms with Crippen LogP contribution in [-0.2, 0) is 28.5 Å². The molecule has 4 atom stereocenters. The molecule has 0 radical (unpaired) electrons. The van der Waals surface area contributed by atoms with Crippen molar-refractivity contribution in [1.82, 2.24) is 9.80 Å². The SMILES string of the molecule is CC1(CN(CC2(C)CO2)C(=O)CCCCCCCC(=O)N(CC2(C)CO2)CC2(C)CO2)CO1. The Labute approximate surface area is 198 Å². The highest BCUT2D eigenvalue weighted by Gasteiger charge is 2.48. The maximum Gasteiger partial charge on any atom is 0.222 e. The summed E-state index contributed by atoms with van der Waals surface area (Å²) in [5.41, 5.74) is -0.693. The molecule has 33 heavy (non-hydrogen) atoms. The van der Waals surface area contributed by atoms with Crippen LogP contribution in [0.2, 0.25) is 0 Å². The summed E-state index contributed by atoms with van der Waals surface area (Å²) in [4.78, 5) is 29.4. The lowest BCUT2D eigenvalue weighted by Crippen LogP contribution is -2.43. The van der Waals surface area contributed by atoms with Crippen LogP contribution in [0.4, 0.5) is 0 Å². The summed E-state index contributed by atoms with van der Waals surface area (Å²) >= 11 is 0. The van der Waals surface area contributed by atoms with Crippen molar-refractivity contribution in [1.29, 1.82) is 0 Å². The van der Waals surface area contributed by atoms with Crippen LogP contribution in [0.25, 0.3) is 0 Å². The number of nitrogens with zero attached hydrogens (tertiary/aromatic N) is 2. The van der Waals surface area contributed by atoms with E-state index in [9.17, 15) is 9.59 Å². The van der Waals surface area contributed by atoms with Crippen molar-refractivity contribution >= 4 is 11.8 Å². The van der Waals surface area contributed by atoms with Crippen molar-refractivity contribution in [2.75, 3.05) is 52.6 Å². The molecule has 4 heterocycles. The van der Waals surface area contributed by atoms with Gasteiger partial charge in [-0.3, -0.25) is 9.59 Å². The van der Waals surface area contributed by atoms with E-state index in [1.54, 1.807) is 0 Å². The molecule has 0 N–H and O–H groups in total. The van der Waals surface area contributed by atoms with Gasteiger partial charge in [-0.15, -0.1) is 0 Å². The van der Waals surface area contributed by atoms with Crippen molar-refractivity contribution in [3.8, 4) is 0 Å². The van der Waals surface area contributed by atoms with E-state index < -0.39 is 0 Å². The lowest BCUT2D eigenvalue weighted by molar-refractivity contribution is -0.133. The third-order valence-electron chi connectivity index (χ3n) is 7.14. The predicted molar refractivity (Wildman–Crippen MR) is 123 cm³/mol. The second-order valence-electron chi connectivity index (χ2n) is 11.7. The van der Waals surface area contributed by atoms with E-state index in [1.165, 1.54) is 0 Å². The summed E-state index contributed by atoms with van der Waals surface area (Å²) < 4.78 is 22.0. The standard InChI is InChI=1S/C25H42N2O6/c1-22(16-30-22)12-26(13-23(2)17-31-23)20(28)10-8-6-5-7-9-11-21(29)27(14-24(3)18-32-24)15-25(4)19-33-25/h5-19H2,1-4H3. The first-order chi connectivity index (χ1) is 15.5. The van der Waals surface area contributed by atoms with Crippen LogP contribution in [0.3, 0.4) is 0 Å². The van der Waals surface area contributed by atoms with Gasteiger partial charge in [-0.1, -0.05) is 19.3 Å². The van der Waals surface area contributed by atoms with Gasteiger partial charge in [0.2, 0.25) is 11.8 Å². The van der Waals surface area contributed by atoms with Gasteiger partial charge in [0.1, 0.15) is 22.4 Å². The van der Waals surface area contributed by atoms with Gasteiger partial charge in [0, 0.05) is 12.8 Å². The zero-order valence-electron chi connectivity index (χ0n) is 21.0. The van der Waals surface area contributed by atoms with E-state index in [-0.39, 0.29) is 34.2 Å². The molecule has 0 saturated carbocycles. The normalized spacial score (nSPS) is 35.8. The van der Waals surface area contributed by atoms with Gasteiger partial charge >= 0.3 is 0 Å². The molecule has 4 saturated heterocycles. The van der Waals surface area contributed by atoms with E-state index >= 15 is 0 Å². The Hall–Kier alpha value is -1.22. The van der Waals surface area contributed by atoms with Crippen LogP contribution < -0.4 is 0 Å². The van der Waals surface area contributed by atoms with E-state index in [2.05, 4.69) is 27.7 Å². The summed E-state index contributed by atoms with van der Waals surface area (Å²) in [6.45, 7) is 13.7. The molecule has 0 aromatic carbocycles. The minimum atomic E-state index is -0.173. The second-order valence-corrected chi connectivity index (χ2v) is 11.7. The molecule has 2 amide bonds. The molecule has 188 valence electrons. The molecule has 8 nitrogen and oxygen atoms in total. The van der Waals surface area contributed by atoms with Gasteiger partial charge in [0.25, 0.3) is 0 Å². The van der Waals surface area contributed by atoms with Crippen molar-refractivity contribution in [3.63, 3.8) is 0 Å². The monoisotopic (exact) mass is 466 g/mol. The van der Waals surface area contributed by atoms with Crippen molar-refractivity contribution in [3.05, 3.63) is 0 Å².